The molecule has 6 nitrogen and oxygen atoms in total. The molecule has 0 bridgehead atoms. The first-order valence-corrected chi connectivity index (χ1v) is 5.22. The molecule has 2 rings (SSSR count). The summed E-state index contributed by atoms with van der Waals surface area (Å²) >= 11 is 0. The monoisotopic (exact) mass is 209 g/mol. The number of hydrogen-bond donors (Lipinski definition) is 2. The number of aromatic nitrogens is 3. The fraction of sp³-hybridized carbons (Fsp3) is 0.667. The zero-order valence-corrected chi connectivity index (χ0v) is 8.79. The van der Waals surface area contributed by atoms with Gasteiger partial charge in [-0.15, -0.1) is 0 Å². The summed E-state index contributed by atoms with van der Waals surface area (Å²) in [6.45, 7) is 5.16. The molecule has 82 valence electrons. The van der Waals surface area contributed by atoms with Crippen LogP contribution in [0.1, 0.15) is 23.1 Å². The molecule has 6 heteroatoms. The molecule has 1 fully saturated rings. The highest BCUT2D eigenvalue weighted by Gasteiger charge is 2.22. The number of rotatable bonds is 2. The molecular weight excluding hydrogens is 194 g/mol. The summed E-state index contributed by atoms with van der Waals surface area (Å²) in [4.78, 5) is 13.8. The highest BCUT2D eigenvalue weighted by molar-refractivity contribution is 5.93. The second kappa shape index (κ2) is 4.39. The lowest BCUT2D eigenvalue weighted by molar-refractivity contribution is 0.0728. The van der Waals surface area contributed by atoms with E-state index in [-0.39, 0.29) is 5.91 Å². The molecule has 0 unspecified atom stereocenters. The van der Waals surface area contributed by atoms with Crippen LogP contribution in [-0.2, 0) is 6.42 Å². The smallest absolute Gasteiger partial charge is 0.276 e. The van der Waals surface area contributed by atoms with E-state index in [0.29, 0.717) is 5.69 Å². The second-order valence-corrected chi connectivity index (χ2v) is 3.51. The SMILES string of the molecule is CCc1n[nH]nc1C(=O)N1CCNCC1. The minimum atomic E-state index is -0.0119. The van der Waals surface area contributed by atoms with Crippen LogP contribution in [0.3, 0.4) is 0 Å². The predicted molar refractivity (Wildman–Crippen MR) is 54.5 cm³/mol. The van der Waals surface area contributed by atoms with Gasteiger partial charge in [0.15, 0.2) is 5.69 Å². The van der Waals surface area contributed by atoms with Gasteiger partial charge >= 0.3 is 0 Å². The molecule has 0 saturated carbocycles. The lowest BCUT2D eigenvalue weighted by Crippen LogP contribution is -2.46. The van der Waals surface area contributed by atoms with Crippen LogP contribution in [0, 0.1) is 0 Å². The molecule has 2 N–H and O–H groups in total. The van der Waals surface area contributed by atoms with Crippen molar-refractivity contribution >= 4 is 5.91 Å². The quantitative estimate of drug-likeness (QED) is 0.683. The molecule has 1 amide bonds. The third kappa shape index (κ3) is 1.99. The van der Waals surface area contributed by atoms with E-state index >= 15 is 0 Å². The van der Waals surface area contributed by atoms with Gasteiger partial charge in [-0.25, -0.2) is 0 Å². The van der Waals surface area contributed by atoms with Crippen LogP contribution in [0.2, 0.25) is 0 Å². The average molecular weight is 209 g/mol. The van der Waals surface area contributed by atoms with Crippen molar-refractivity contribution in [2.24, 2.45) is 0 Å². The maximum atomic E-state index is 12.0. The lowest BCUT2D eigenvalue weighted by atomic mass is 10.2. The Morgan fingerprint density at radius 1 is 1.40 bits per heavy atom. The number of nitrogens with one attached hydrogen (secondary N) is 2. The van der Waals surface area contributed by atoms with Gasteiger partial charge in [0, 0.05) is 26.2 Å². The Morgan fingerprint density at radius 3 is 2.80 bits per heavy atom. The van der Waals surface area contributed by atoms with Gasteiger partial charge in [-0.2, -0.15) is 15.4 Å². The Hall–Kier alpha value is -1.43. The van der Waals surface area contributed by atoms with E-state index < -0.39 is 0 Å². The van der Waals surface area contributed by atoms with Gasteiger partial charge in [-0.3, -0.25) is 4.79 Å². The minimum Gasteiger partial charge on any atom is -0.335 e. The van der Waals surface area contributed by atoms with Crippen molar-refractivity contribution in [2.75, 3.05) is 26.2 Å². The molecule has 15 heavy (non-hydrogen) atoms. The van der Waals surface area contributed by atoms with Gasteiger partial charge < -0.3 is 10.2 Å². The third-order valence-corrected chi connectivity index (χ3v) is 2.56. The molecule has 1 aliphatic heterocycles. The number of hydrogen-bond acceptors (Lipinski definition) is 4. The van der Waals surface area contributed by atoms with Crippen LogP contribution in [0.15, 0.2) is 0 Å². The number of piperazine rings is 1. The molecule has 2 heterocycles. The maximum Gasteiger partial charge on any atom is 0.276 e. The van der Waals surface area contributed by atoms with E-state index in [0.717, 1.165) is 38.3 Å². The summed E-state index contributed by atoms with van der Waals surface area (Å²) in [5, 5.41) is 13.6. The minimum absolute atomic E-state index is 0.0119. The van der Waals surface area contributed by atoms with Crippen molar-refractivity contribution in [1.29, 1.82) is 0 Å². The van der Waals surface area contributed by atoms with Gasteiger partial charge in [0.2, 0.25) is 0 Å². The van der Waals surface area contributed by atoms with Crippen molar-refractivity contribution in [3.8, 4) is 0 Å². The Labute approximate surface area is 88.0 Å². The first kappa shape index (κ1) is 10.1. The van der Waals surface area contributed by atoms with Crippen LogP contribution in [0.5, 0.6) is 0 Å². The molecular formula is C9H15N5O. The molecule has 0 spiro atoms. The van der Waals surface area contributed by atoms with E-state index in [4.69, 9.17) is 0 Å². The molecule has 0 atom stereocenters. The van der Waals surface area contributed by atoms with Crippen molar-refractivity contribution in [1.82, 2.24) is 25.6 Å². The molecule has 1 aromatic rings. The van der Waals surface area contributed by atoms with Crippen LogP contribution < -0.4 is 5.32 Å². The van der Waals surface area contributed by atoms with Crippen molar-refractivity contribution in [3.05, 3.63) is 11.4 Å². The summed E-state index contributed by atoms with van der Waals surface area (Å²) in [6.07, 6.45) is 0.726. The van der Waals surface area contributed by atoms with Gasteiger partial charge in [0.05, 0.1) is 5.69 Å². The Morgan fingerprint density at radius 2 is 2.13 bits per heavy atom. The van der Waals surface area contributed by atoms with E-state index in [2.05, 4.69) is 20.7 Å². The molecule has 0 aliphatic carbocycles. The predicted octanol–water partition coefficient (Wildman–Crippen LogP) is -0.587. The number of amides is 1. The normalized spacial score (nSPS) is 16.7. The second-order valence-electron chi connectivity index (χ2n) is 3.51. The molecule has 0 radical (unpaired) electrons. The first-order valence-electron chi connectivity index (χ1n) is 5.22. The van der Waals surface area contributed by atoms with Crippen molar-refractivity contribution < 1.29 is 4.79 Å². The molecule has 0 aromatic carbocycles. The zero-order chi connectivity index (χ0) is 10.7. The summed E-state index contributed by atoms with van der Waals surface area (Å²) < 4.78 is 0. The lowest BCUT2D eigenvalue weighted by Gasteiger charge is -2.26. The van der Waals surface area contributed by atoms with E-state index in [1.807, 2.05) is 11.8 Å². The van der Waals surface area contributed by atoms with Crippen molar-refractivity contribution in [3.63, 3.8) is 0 Å². The van der Waals surface area contributed by atoms with Crippen molar-refractivity contribution in [2.45, 2.75) is 13.3 Å². The zero-order valence-electron chi connectivity index (χ0n) is 8.79. The highest BCUT2D eigenvalue weighted by atomic mass is 16.2. The van der Waals surface area contributed by atoms with E-state index in [1.165, 1.54) is 0 Å². The summed E-state index contributed by atoms with van der Waals surface area (Å²) in [5.74, 6) is -0.0119. The Bertz CT molecular complexity index is 342. The van der Waals surface area contributed by atoms with Gasteiger partial charge in [0.25, 0.3) is 5.91 Å². The van der Waals surface area contributed by atoms with Crippen LogP contribution >= 0.6 is 0 Å². The summed E-state index contributed by atoms with van der Waals surface area (Å²) in [7, 11) is 0. The summed E-state index contributed by atoms with van der Waals surface area (Å²) in [6, 6.07) is 0. The fourth-order valence-electron chi connectivity index (χ4n) is 1.69. The number of H-pyrrole nitrogens is 1. The Balaban J connectivity index is 2.12. The number of nitrogens with zero attached hydrogens (tertiary/aromatic N) is 3. The number of aryl methyl sites for hydroxylation is 1. The third-order valence-electron chi connectivity index (χ3n) is 2.56. The van der Waals surface area contributed by atoms with Gasteiger partial charge in [0.1, 0.15) is 0 Å². The highest BCUT2D eigenvalue weighted by Crippen LogP contribution is 2.07. The fourth-order valence-corrected chi connectivity index (χ4v) is 1.69. The van der Waals surface area contributed by atoms with Crippen LogP contribution in [0.25, 0.3) is 0 Å². The largest absolute Gasteiger partial charge is 0.335 e. The topological polar surface area (TPSA) is 73.9 Å². The number of aromatic amines is 1. The maximum absolute atomic E-state index is 12.0. The van der Waals surface area contributed by atoms with Crippen LogP contribution in [-0.4, -0.2) is 52.4 Å². The van der Waals surface area contributed by atoms with Gasteiger partial charge in [-0.05, 0) is 6.42 Å². The Kier molecular flexibility index (Phi) is 2.96. The standard InChI is InChI=1S/C9H15N5O/c1-2-7-8(12-13-11-7)9(15)14-5-3-10-4-6-14/h10H,2-6H2,1H3,(H,11,12,13). The number of carbonyl (C=O) groups excluding carboxylic acids is 1. The van der Waals surface area contributed by atoms with Gasteiger partial charge in [-0.1, -0.05) is 6.92 Å². The number of carbonyl (C=O) groups is 1. The van der Waals surface area contributed by atoms with E-state index in [1.54, 1.807) is 0 Å². The van der Waals surface area contributed by atoms with E-state index in [9.17, 15) is 4.79 Å². The summed E-state index contributed by atoms with van der Waals surface area (Å²) in [5.41, 5.74) is 1.22. The first-order chi connectivity index (χ1) is 7.33. The van der Waals surface area contributed by atoms with Crippen LogP contribution in [0.4, 0.5) is 0 Å². The molecule has 1 saturated heterocycles. The molecule has 1 aliphatic rings. The molecule has 1 aromatic heterocycles. The average Bonchev–Trinajstić information content (AvgIpc) is 2.77.